The summed E-state index contributed by atoms with van der Waals surface area (Å²) < 4.78 is 0. The highest BCUT2D eigenvalue weighted by atomic mass is 16.1. The molecule has 0 saturated carbocycles. The second-order valence-corrected chi connectivity index (χ2v) is 5.36. The summed E-state index contributed by atoms with van der Waals surface area (Å²) >= 11 is 0. The zero-order valence-electron chi connectivity index (χ0n) is 11.4. The Morgan fingerprint density at radius 1 is 1.28 bits per heavy atom. The lowest BCUT2D eigenvalue weighted by Crippen LogP contribution is -2.38. The highest BCUT2D eigenvalue weighted by Gasteiger charge is 2.30. The van der Waals surface area contributed by atoms with Crippen LogP contribution < -0.4 is 0 Å². The minimum absolute atomic E-state index is 0.341. The first kappa shape index (κ1) is 13.3. The molecule has 98 valence electrons. The van der Waals surface area contributed by atoms with E-state index in [0.29, 0.717) is 30.8 Å². The van der Waals surface area contributed by atoms with E-state index in [9.17, 15) is 4.79 Å². The first-order valence-corrected chi connectivity index (χ1v) is 7.02. The topological polar surface area (TPSA) is 20.3 Å². The summed E-state index contributed by atoms with van der Waals surface area (Å²) in [4.78, 5) is 14.5. The molecule has 1 aliphatic rings. The number of Topliss-reactive ketones (excluding diaryl/α,β-unsaturated/α-hetero) is 1. The Labute approximate surface area is 110 Å². The van der Waals surface area contributed by atoms with Crippen molar-refractivity contribution in [3.05, 3.63) is 35.9 Å². The molecule has 2 atom stereocenters. The Hall–Kier alpha value is -1.15. The maximum absolute atomic E-state index is 12.1. The number of hydrogen-bond donors (Lipinski definition) is 0. The molecule has 0 N–H and O–H groups in total. The maximum atomic E-state index is 12.1. The molecular formula is C16H23NO. The largest absolute Gasteiger partial charge is 0.298 e. The van der Waals surface area contributed by atoms with E-state index in [1.807, 2.05) is 30.3 Å². The number of carbonyl (C=O) groups is 1. The third-order valence-electron chi connectivity index (χ3n) is 4.03. The highest BCUT2D eigenvalue weighted by Crippen LogP contribution is 2.25. The third-order valence-corrected chi connectivity index (χ3v) is 4.03. The molecule has 1 fully saturated rings. The monoisotopic (exact) mass is 245 g/mol. The fourth-order valence-electron chi connectivity index (χ4n) is 2.93. The van der Waals surface area contributed by atoms with Crippen LogP contribution in [0.5, 0.6) is 0 Å². The smallest absolute Gasteiger partial charge is 0.151 e. The second kappa shape index (κ2) is 6.14. The summed E-state index contributed by atoms with van der Waals surface area (Å²) in [5.41, 5.74) is 1.13. The van der Waals surface area contributed by atoms with Gasteiger partial charge in [-0.3, -0.25) is 9.69 Å². The van der Waals surface area contributed by atoms with Crippen molar-refractivity contribution in [2.45, 2.75) is 51.6 Å². The van der Waals surface area contributed by atoms with E-state index < -0.39 is 0 Å². The van der Waals surface area contributed by atoms with Crippen molar-refractivity contribution < 1.29 is 4.79 Å². The van der Waals surface area contributed by atoms with Crippen molar-refractivity contribution in [3.8, 4) is 0 Å². The van der Waals surface area contributed by atoms with Gasteiger partial charge in [0.2, 0.25) is 0 Å². The molecule has 18 heavy (non-hydrogen) atoms. The molecule has 0 bridgehead atoms. The van der Waals surface area contributed by atoms with Gasteiger partial charge in [0.25, 0.3) is 0 Å². The highest BCUT2D eigenvalue weighted by molar-refractivity contribution is 5.82. The number of rotatable bonds is 5. The summed E-state index contributed by atoms with van der Waals surface area (Å²) in [6.07, 6.45) is 4.21. The standard InChI is InChI=1S/C16H23NO/c1-3-15-10-9-13(2)17(15)12-16(18)11-14-7-5-4-6-8-14/h4-8,13,15H,3,9-12H2,1-2H3. The molecule has 2 rings (SSSR count). The minimum atomic E-state index is 0.341. The van der Waals surface area contributed by atoms with Crippen LogP contribution in [-0.2, 0) is 11.2 Å². The maximum Gasteiger partial charge on any atom is 0.151 e. The Morgan fingerprint density at radius 3 is 2.67 bits per heavy atom. The molecule has 0 aliphatic carbocycles. The van der Waals surface area contributed by atoms with Gasteiger partial charge in [-0.2, -0.15) is 0 Å². The van der Waals surface area contributed by atoms with Crippen LogP contribution in [0.2, 0.25) is 0 Å². The zero-order valence-corrected chi connectivity index (χ0v) is 11.4. The summed E-state index contributed by atoms with van der Waals surface area (Å²) in [5, 5.41) is 0. The van der Waals surface area contributed by atoms with Crippen molar-refractivity contribution >= 4 is 5.78 Å². The van der Waals surface area contributed by atoms with Crippen molar-refractivity contribution in [1.82, 2.24) is 4.90 Å². The molecule has 2 nitrogen and oxygen atoms in total. The summed E-state index contributed by atoms with van der Waals surface area (Å²) in [6.45, 7) is 5.08. The molecular weight excluding hydrogens is 222 g/mol. The summed E-state index contributed by atoms with van der Waals surface area (Å²) in [6, 6.07) is 11.2. The van der Waals surface area contributed by atoms with Gasteiger partial charge in [0.05, 0.1) is 6.54 Å². The fourth-order valence-corrected chi connectivity index (χ4v) is 2.93. The Kier molecular flexibility index (Phi) is 4.54. The van der Waals surface area contributed by atoms with Crippen LogP contribution in [0.3, 0.4) is 0 Å². The lowest BCUT2D eigenvalue weighted by molar-refractivity contribution is -0.120. The van der Waals surface area contributed by atoms with Gasteiger partial charge in [-0.25, -0.2) is 0 Å². The predicted octanol–water partition coefficient (Wildman–Crippen LogP) is 3.06. The molecule has 0 aromatic heterocycles. The molecule has 2 unspecified atom stereocenters. The number of carbonyl (C=O) groups excluding carboxylic acids is 1. The number of nitrogens with zero attached hydrogens (tertiary/aromatic N) is 1. The molecule has 1 aromatic carbocycles. The van der Waals surface area contributed by atoms with Crippen molar-refractivity contribution in [3.63, 3.8) is 0 Å². The lowest BCUT2D eigenvalue weighted by Gasteiger charge is -2.26. The minimum Gasteiger partial charge on any atom is -0.298 e. The van der Waals surface area contributed by atoms with Gasteiger partial charge in [-0.05, 0) is 31.7 Å². The van der Waals surface area contributed by atoms with E-state index in [1.54, 1.807) is 0 Å². The third kappa shape index (κ3) is 3.20. The van der Waals surface area contributed by atoms with E-state index in [2.05, 4.69) is 18.7 Å². The number of hydrogen-bond acceptors (Lipinski definition) is 2. The van der Waals surface area contributed by atoms with Gasteiger partial charge < -0.3 is 0 Å². The molecule has 0 spiro atoms. The molecule has 1 aliphatic heterocycles. The summed E-state index contributed by atoms with van der Waals surface area (Å²) in [5.74, 6) is 0.341. The molecule has 1 aromatic rings. The Bertz CT molecular complexity index is 387. The molecule has 0 radical (unpaired) electrons. The van der Waals surface area contributed by atoms with Crippen molar-refractivity contribution in [1.29, 1.82) is 0 Å². The Balaban J connectivity index is 1.91. The van der Waals surface area contributed by atoms with E-state index in [4.69, 9.17) is 0 Å². The van der Waals surface area contributed by atoms with Crippen LogP contribution >= 0.6 is 0 Å². The lowest BCUT2D eigenvalue weighted by atomic mass is 10.1. The van der Waals surface area contributed by atoms with Gasteiger partial charge >= 0.3 is 0 Å². The van der Waals surface area contributed by atoms with Crippen LogP contribution in [0.25, 0.3) is 0 Å². The van der Waals surface area contributed by atoms with Crippen LogP contribution in [0.4, 0.5) is 0 Å². The van der Waals surface area contributed by atoms with E-state index in [0.717, 1.165) is 12.0 Å². The zero-order chi connectivity index (χ0) is 13.0. The number of benzene rings is 1. The van der Waals surface area contributed by atoms with E-state index in [1.165, 1.54) is 12.8 Å². The predicted molar refractivity (Wildman–Crippen MR) is 74.6 cm³/mol. The molecule has 0 amide bonds. The van der Waals surface area contributed by atoms with Gasteiger partial charge in [0, 0.05) is 18.5 Å². The molecule has 1 saturated heterocycles. The Morgan fingerprint density at radius 2 is 2.00 bits per heavy atom. The van der Waals surface area contributed by atoms with Crippen molar-refractivity contribution in [2.24, 2.45) is 0 Å². The van der Waals surface area contributed by atoms with Crippen LogP contribution in [-0.4, -0.2) is 29.3 Å². The van der Waals surface area contributed by atoms with E-state index >= 15 is 0 Å². The quantitative estimate of drug-likeness (QED) is 0.794. The molecule has 2 heteroatoms. The average molecular weight is 245 g/mol. The summed E-state index contributed by atoms with van der Waals surface area (Å²) in [7, 11) is 0. The van der Waals surface area contributed by atoms with Gasteiger partial charge in [-0.1, -0.05) is 37.3 Å². The number of ketones is 1. The van der Waals surface area contributed by atoms with E-state index in [-0.39, 0.29) is 0 Å². The van der Waals surface area contributed by atoms with Gasteiger partial charge in [0.1, 0.15) is 0 Å². The van der Waals surface area contributed by atoms with Gasteiger partial charge in [0.15, 0.2) is 5.78 Å². The SMILES string of the molecule is CCC1CCC(C)N1CC(=O)Cc1ccccc1. The number of likely N-dealkylation sites (tertiary alicyclic amines) is 1. The van der Waals surface area contributed by atoms with Crippen LogP contribution in [0, 0.1) is 0 Å². The van der Waals surface area contributed by atoms with Gasteiger partial charge in [-0.15, -0.1) is 0 Å². The average Bonchev–Trinajstić information content (AvgIpc) is 2.72. The van der Waals surface area contributed by atoms with Crippen molar-refractivity contribution in [2.75, 3.05) is 6.54 Å². The molecule has 1 heterocycles. The fraction of sp³-hybridized carbons (Fsp3) is 0.562. The second-order valence-electron chi connectivity index (χ2n) is 5.36. The first-order valence-electron chi connectivity index (χ1n) is 7.02. The normalized spacial score (nSPS) is 24.3. The first-order chi connectivity index (χ1) is 8.70. The van der Waals surface area contributed by atoms with Crippen LogP contribution in [0.1, 0.15) is 38.7 Å². The van der Waals surface area contributed by atoms with Crippen LogP contribution in [0.15, 0.2) is 30.3 Å².